The number of hydrogen-bond acceptors (Lipinski definition) is 5. The maximum absolute atomic E-state index is 12.7. The third-order valence-corrected chi connectivity index (χ3v) is 5.24. The second kappa shape index (κ2) is 11.9. The van der Waals surface area contributed by atoms with Crippen LogP contribution in [0.15, 0.2) is 17.3 Å². The molecule has 7 nitrogen and oxygen atoms in total. The van der Waals surface area contributed by atoms with Crippen LogP contribution >= 0.6 is 24.0 Å². The number of guanidine groups is 1. The lowest BCUT2D eigenvalue weighted by Crippen LogP contribution is -2.41. The lowest BCUT2D eigenvalue weighted by molar-refractivity contribution is -0.141. The van der Waals surface area contributed by atoms with Gasteiger partial charge in [-0.05, 0) is 51.3 Å². The predicted molar refractivity (Wildman–Crippen MR) is 122 cm³/mol. The molecule has 0 aromatic carbocycles. The molecule has 1 aromatic rings. The van der Waals surface area contributed by atoms with Crippen LogP contribution in [0.3, 0.4) is 0 Å². The molecule has 3 heterocycles. The molecule has 11 heteroatoms. The minimum Gasteiger partial charge on any atom is -0.357 e. The summed E-state index contributed by atoms with van der Waals surface area (Å²) in [6.07, 6.45) is 0.414. The molecule has 1 unspecified atom stereocenters. The second-order valence-corrected chi connectivity index (χ2v) is 7.53. The number of rotatable bonds is 7. The Hall–Kier alpha value is -1.37. The summed E-state index contributed by atoms with van der Waals surface area (Å²) in [5.74, 6) is 1.49. The van der Waals surface area contributed by atoms with Gasteiger partial charge in [-0.15, -0.1) is 24.0 Å². The third-order valence-electron chi connectivity index (χ3n) is 5.24. The van der Waals surface area contributed by atoms with Gasteiger partial charge in [0, 0.05) is 38.9 Å². The molecule has 1 aromatic heterocycles. The van der Waals surface area contributed by atoms with E-state index in [0.717, 1.165) is 50.8 Å². The number of nitrogens with zero attached hydrogens (tertiary/aromatic N) is 5. The maximum Gasteiger partial charge on any atom is 0.433 e. The SMILES string of the molecule is CCNC(=NCCNc1nccc(C(F)(F)F)n1)N1CCC(CN2CCCC2)C1.I. The molecule has 2 fully saturated rings. The summed E-state index contributed by atoms with van der Waals surface area (Å²) in [4.78, 5) is 16.8. The number of aliphatic imine (C=N–C) groups is 1. The number of hydrogen-bond donors (Lipinski definition) is 2. The Morgan fingerprint density at radius 1 is 1.27 bits per heavy atom. The summed E-state index contributed by atoms with van der Waals surface area (Å²) in [5, 5.41) is 6.14. The molecule has 170 valence electrons. The van der Waals surface area contributed by atoms with Crippen molar-refractivity contribution in [3.63, 3.8) is 0 Å². The molecule has 0 bridgehead atoms. The van der Waals surface area contributed by atoms with Gasteiger partial charge in [0.2, 0.25) is 5.95 Å². The van der Waals surface area contributed by atoms with Crippen LogP contribution in [0.4, 0.5) is 19.1 Å². The van der Waals surface area contributed by atoms with Crippen LogP contribution in [0.25, 0.3) is 0 Å². The van der Waals surface area contributed by atoms with Gasteiger partial charge in [-0.3, -0.25) is 4.99 Å². The highest BCUT2D eigenvalue weighted by Gasteiger charge is 2.32. The summed E-state index contributed by atoms with van der Waals surface area (Å²) in [5.41, 5.74) is -0.951. The molecule has 2 saturated heterocycles. The van der Waals surface area contributed by atoms with Crippen molar-refractivity contribution in [2.75, 3.05) is 57.7 Å². The number of halogens is 4. The normalized spacial score (nSPS) is 20.3. The smallest absolute Gasteiger partial charge is 0.357 e. The first-order valence-corrected chi connectivity index (χ1v) is 10.4. The zero-order chi connectivity index (χ0) is 20.7. The second-order valence-electron chi connectivity index (χ2n) is 7.53. The highest BCUT2D eigenvalue weighted by atomic mass is 127. The molecule has 2 aliphatic rings. The van der Waals surface area contributed by atoms with Crippen LogP contribution in [0, 0.1) is 5.92 Å². The summed E-state index contributed by atoms with van der Waals surface area (Å²) < 4.78 is 38.2. The van der Waals surface area contributed by atoms with Gasteiger partial charge in [0.15, 0.2) is 5.96 Å². The van der Waals surface area contributed by atoms with Gasteiger partial charge < -0.3 is 20.4 Å². The average molecular weight is 541 g/mol. The van der Waals surface area contributed by atoms with Crippen molar-refractivity contribution < 1.29 is 13.2 Å². The topological polar surface area (TPSA) is 68.7 Å². The summed E-state index contributed by atoms with van der Waals surface area (Å²) in [7, 11) is 0. The van der Waals surface area contributed by atoms with Gasteiger partial charge in [0.1, 0.15) is 5.69 Å². The Labute approximate surface area is 192 Å². The molecule has 2 aliphatic heterocycles. The van der Waals surface area contributed by atoms with Crippen LogP contribution in [-0.2, 0) is 6.18 Å². The van der Waals surface area contributed by atoms with Gasteiger partial charge in [-0.25, -0.2) is 9.97 Å². The van der Waals surface area contributed by atoms with Crippen molar-refractivity contribution in [3.05, 3.63) is 18.0 Å². The van der Waals surface area contributed by atoms with Gasteiger partial charge in [-0.2, -0.15) is 13.2 Å². The molecule has 0 aliphatic carbocycles. The third kappa shape index (κ3) is 7.40. The Kier molecular flexibility index (Phi) is 9.85. The monoisotopic (exact) mass is 541 g/mol. The van der Waals surface area contributed by atoms with E-state index in [1.54, 1.807) is 0 Å². The number of anilines is 1. The fourth-order valence-electron chi connectivity index (χ4n) is 3.86. The minimum atomic E-state index is -4.48. The zero-order valence-electron chi connectivity index (χ0n) is 17.3. The van der Waals surface area contributed by atoms with E-state index in [0.29, 0.717) is 19.0 Å². The van der Waals surface area contributed by atoms with E-state index in [1.165, 1.54) is 25.9 Å². The van der Waals surface area contributed by atoms with Crippen LogP contribution in [0.1, 0.15) is 31.9 Å². The van der Waals surface area contributed by atoms with Gasteiger partial charge in [0.25, 0.3) is 0 Å². The fraction of sp³-hybridized carbons (Fsp3) is 0.737. The van der Waals surface area contributed by atoms with Crippen LogP contribution in [0.2, 0.25) is 0 Å². The number of aromatic nitrogens is 2. The predicted octanol–water partition coefficient (Wildman–Crippen LogP) is 2.91. The standard InChI is InChI=1S/C19H30F3N7.HI/c1-2-23-18(29-12-6-15(14-29)13-28-10-3-4-11-28)26-9-8-25-17-24-7-5-16(27-17)19(20,21)22;/h5,7,15H,2-4,6,8-14H2,1H3,(H,23,26)(H,24,25,27);1H. The molecule has 0 saturated carbocycles. The molecular weight excluding hydrogens is 510 g/mol. The highest BCUT2D eigenvalue weighted by molar-refractivity contribution is 14.0. The van der Waals surface area contributed by atoms with Crippen LogP contribution in [-0.4, -0.2) is 78.1 Å². The van der Waals surface area contributed by atoms with E-state index < -0.39 is 11.9 Å². The van der Waals surface area contributed by atoms with E-state index in [9.17, 15) is 13.2 Å². The van der Waals surface area contributed by atoms with Crippen molar-refractivity contribution in [1.82, 2.24) is 25.1 Å². The fourth-order valence-corrected chi connectivity index (χ4v) is 3.86. The molecule has 0 radical (unpaired) electrons. The summed E-state index contributed by atoms with van der Waals surface area (Å²) >= 11 is 0. The zero-order valence-corrected chi connectivity index (χ0v) is 19.6. The van der Waals surface area contributed by atoms with Crippen molar-refractivity contribution in [2.24, 2.45) is 10.9 Å². The first kappa shape index (κ1) is 24.9. The Morgan fingerprint density at radius 2 is 2.03 bits per heavy atom. The highest BCUT2D eigenvalue weighted by Crippen LogP contribution is 2.27. The van der Waals surface area contributed by atoms with Gasteiger partial charge >= 0.3 is 6.18 Å². The lowest BCUT2D eigenvalue weighted by Gasteiger charge is -2.23. The van der Waals surface area contributed by atoms with Gasteiger partial charge in [-0.1, -0.05) is 0 Å². The molecule has 30 heavy (non-hydrogen) atoms. The van der Waals surface area contributed by atoms with E-state index >= 15 is 0 Å². The Morgan fingerprint density at radius 3 is 2.73 bits per heavy atom. The van der Waals surface area contributed by atoms with Gasteiger partial charge in [0.05, 0.1) is 6.54 Å². The summed E-state index contributed by atoms with van der Waals surface area (Å²) in [6, 6.07) is 0.860. The van der Waals surface area contributed by atoms with Crippen molar-refractivity contribution in [1.29, 1.82) is 0 Å². The molecule has 3 rings (SSSR count). The number of likely N-dealkylation sites (tertiary alicyclic amines) is 2. The molecule has 0 amide bonds. The molecular formula is C19H31F3IN7. The van der Waals surface area contributed by atoms with Crippen molar-refractivity contribution >= 4 is 35.9 Å². The Bertz CT molecular complexity index is 680. The number of alkyl halides is 3. The van der Waals surface area contributed by atoms with Crippen LogP contribution in [0.5, 0.6) is 0 Å². The average Bonchev–Trinajstić information content (AvgIpc) is 3.36. The van der Waals surface area contributed by atoms with Crippen molar-refractivity contribution in [3.8, 4) is 0 Å². The molecule has 2 N–H and O–H groups in total. The molecule has 1 atom stereocenters. The quantitative estimate of drug-likeness (QED) is 0.240. The van der Waals surface area contributed by atoms with Crippen LogP contribution < -0.4 is 10.6 Å². The lowest BCUT2D eigenvalue weighted by atomic mass is 10.1. The van der Waals surface area contributed by atoms with E-state index in [4.69, 9.17) is 0 Å². The maximum atomic E-state index is 12.7. The number of nitrogens with one attached hydrogen (secondary N) is 2. The minimum absolute atomic E-state index is 0. The van der Waals surface area contributed by atoms with E-state index in [1.807, 2.05) is 6.92 Å². The molecule has 0 spiro atoms. The first-order chi connectivity index (χ1) is 14.0. The van der Waals surface area contributed by atoms with Crippen molar-refractivity contribution in [2.45, 2.75) is 32.4 Å². The summed E-state index contributed by atoms with van der Waals surface area (Å²) in [6.45, 7) is 9.15. The first-order valence-electron chi connectivity index (χ1n) is 10.4. The van der Waals surface area contributed by atoms with E-state index in [-0.39, 0.29) is 29.9 Å². The van der Waals surface area contributed by atoms with E-state index in [2.05, 4.69) is 35.4 Å². The Balaban J connectivity index is 0.00000320. The largest absolute Gasteiger partial charge is 0.433 e.